The second kappa shape index (κ2) is 9.03. The van der Waals surface area contributed by atoms with Gasteiger partial charge < -0.3 is 9.64 Å². The van der Waals surface area contributed by atoms with Crippen LogP contribution in [0.4, 0.5) is 11.6 Å². The van der Waals surface area contributed by atoms with Crippen LogP contribution in [-0.4, -0.2) is 38.8 Å². The monoisotopic (exact) mass is 392 g/mol. The van der Waals surface area contributed by atoms with Crippen LogP contribution in [0.25, 0.3) is 0 Å². The molecule has 2 rings (SSSR count). The van der Waals surface area contributed by atoms with Crippen LogP contribution in [0.2, 0.25) is 0 Å². The lowest BCUT2D eigenvalue weighted by Crippen LogP contribution is -2.26. The smallest absolute Gasteiger partial charge is 0.263 e. The van der Waals surface area contributed by atoms with E-state index in [2.05, 4.69) is 33.7 Å². The fourth-order valence-electron chi connectivity index (χ4n) is 2.89. The molecule has 1 heterocycles. The molecule has 0 fully saturated rings. The van der Waals surface area contributed by atoms with E-state index in [-0.39, 0.29) is 10.7 Å². The van der Waals surface area contributed by atoms with Gasteiger partial charge in [0.05, 0.1) is 12.0 Å². The number of rotatable bonds is 9. The molecule has 0 aliphatic rings. The quantitative estimate of drug-likeness (QED) is 0.703. The standard InChI is InChI=1S/C19H28N4O3S/c1-6-10-23(11-7-2)19-9-8-18(20-21-19)22-27(24,25)17-13-14(3)16(26-5)12-15(17)4/h8-9,12-13H,6-7,10-11H2,1-5H3,(H,20,22). The van der Waals surface area contributed by atoms with E-state index in [1.54, 1.807) is 38.3 Å². The van der Waals surface area contributed by atoms with Gasteiger partial charge >= 0.3 is 0 Å². The number of ether oxygens (including phenoxy) is 1. The van der Waals surface area contributed by atoms with Crippen molar-refractivity contribution >= 4 is 21.7 Å². The molecule has 0 aliphatic carbocycles. The molecular weight excluding hydrogens is 364 g/mol. The molecule has 0 radical (unpaired) electrons. The summed E-state index contributed by atoms with van der Waals surface area (Å²) in [6.45, 7) is 9.53. The second-order valence-electron chi connectivity index (χ2n) is 6.46. The van der Waals surface area contributed by atoms with Crippen LogP contribution in [-0.2, 0) is 10.0 Å². The first-order valence-electron chi connectivity index (χ1n) is 9.09. The molecule has 7 nitrogen and oxygen atoms in total. The van der Waals surface area contributed by atoms with E-state index in [1.807, 2.05) is 6.92 Å². The highest BCUT2D eigenvalue weighted by atomic mass is 32.2. The predicted molar refractivity (Wildman–Crippen MR) is 108 cm³/mol. The molecule has 27 heavy (non-hydrogen) atoms. The summed E-state index contributed by atoms with van der Waals surface area (Å²) in [6.07, 6.45) is 2.01. The van der Waals surface area contributed by atoms with Gasteiger partial charge in [0.1, 0.15) is 5.75 Å². The first-order valence-corrected chi connectivity index (χ1v) is 10.6. The average Bonchev–Trinajstić information content (AvgIpc) is 2.63. The lowest BCUT2D eigenvalue weighted by atomic mass is 10.1. The molecule has 0 bridgehead atoms. The van der Waals surface area contributed by atoms with Crippen molar-refractivity contribution in [3.05, 3.63) is 35.4 Å². The SMILES string of the molecule is CCCN(CCC)c1ccc(NS(=O)(=O)c2cc(C)c(OC)cc2C)nn1. The number of nitrogens with zero attached hydrogens (tertiary/aromatic N) is 3. The third-order valence-electron chi connectivity index (χ3n) is 4.18. The van der Waals surface area contributed by atoms with Crippen LogP contribution in [0.3, 0.4) is 0 Å². The number of methoxy groups -OCH3 is 1. The number of anilines is 2. The van der Waals surface area contributed by atoms with Gasteiger partial charge in [0.15, 0.2) is 11.6 Å². The summed E-state index contributed by atoms with van der Waals surface area (Å²) in [5.74, 6) is 1.60. The molecule has 1 aromatic heterocycles. The maximum atomic E-state index is 12.8. The molecular formula is C19H28N4O3S. The number of hydrogen-bond acceptors (Lipinski definition) is 6. The molecule has 8 heteroatoms. The highest BCUT2D eigenvalue weighted by Gasteiger charge is 2.20. The minimum atomic E-state index is -3.77. The number of hydrogen-bond donors (Lipinski definition) is 1. The van der Waals surface area contributed by atoms with E-state index in [0.717, 1.165) is 37.3 Å². The molecule has 0 unspecified atom stereocenters. The van der Waals surface area contributed by atoms with Gasteiger partial charge in [-0.05, 0) is 62.1 Å². The van der Waals surface area contributed by atoms with Crippen LogP contribution in [0.1, 0.15) is 37.8 Å². The fourth-order valence-corrected chi connectivity index (χ4v) is 4.20. The largest absolute Gasteiger partial charge is 0.496 e. The van der Waals surface area contributed by atoms with Gasteiger partial charge in [0.25, 0.3) is 10.0 Å². The Hall–Kier alpha value is -2.35. The van der Waals surface area contributed by atoms with Crippen LogP contribution < -0.4 is 14.4 Å². The molecule has 1 aromatic carbocycles. The predicted octanol–water partition coefficient (Wildman–Crippen LogP) is 3.53. The molecule has 2 aromatic rings. The van der Waals surface area contributed by atoms with Gasteiger partial charge in [0.2, 0.25) is 0 Å². The number of nitrogens with one attached hydrogen (secondary N) is 1. The molecule has 0 saturated heterocycles. The second-order valence-corrected chi connectivity index (χ2v) is 8.11. The van der Waals surface area contributed by atoms with E-state index >= 15 is 0 Å². The maximum absolute atomic E-state index is 12.8. The topological polar surface area (TPSA) is 84.4 Å². The maximum Gasteiger partial charge on any atom is 0.263 e. The summed E-state index contributed by atoms with van der Waals surface area (Å²) >= 11 is 0. The third-order valence-corrected chi connectivity index (χ3v) is 5.68. The minimum Gasteiger partial charge on any atom is -0.496 e. The first kappa shape index (κ1) is 21.0. The van der Waals surface area contributed by atoms with Gasteiger partial charge in [-0.3, -0.25) is 4.72 Å². The van der Waals surface area contributed by atoms with Gasteiger partial charge in [0, 0.05) is 13.1 Å². The van der Waals surface area contributed by atoms with E-state index < -0.39 is 10.0 Å². The van der Waals surface area contributed by atoms with E-state index in [1.165, 1.54) is 0 Å². The van der Waals surface area contributed by atoms with Crippen LogP contribution in [0, 0.1) is 13.8 Å². The Kier molecular flexibility index (Phi) is 7.01. The first-order chi connectivity index (χ1) is 12.8. The lowest BCUT2D eigenvalue weighted by molar-refractivity contribution is 0.411. The Morgan fingerprint density at radius 3 is 2.22 bits per heavy atom. The summed E-state index contributed by atoms with van der Waals surface area (Å²) in [4.78, 5) is 2.34. The summed E-state index contributed by atoms with van der Waals surface area (Å²) in [5.41, 5.74) is 1.35. The highest BCUT2D eigenvalue weighted by molar-refractivity contribution is 7.92. The Labute approximate surface area is 161 Å². The van der Waals surface area contributed by atoms with Crippen LogP contribution in [0.15, 0.2) is 29.2 Å². The van der Waals surface area contributed by atoms with Crippen molar-refractivity contribution in [3.8, 4) is 5.75 Å². The fraction of sp³-hybridized carbons (Fsp3) is 0.474. The highest BCUT2D eigenvalue weighted by Crippen LogP contribution is 2.26. The van der Waals surface area contributed by atoms with Crippen molar-refractivity contribution in [1.29, 1.82) is 0 Å². The van der Waals surface area contributed by atoms with E-state index in [0.29, 0.717) is 11.3 Å². The molecule has 148 valence electrons. The Bertz CT molecular complexity index is 861. The van der Waals surface area contributed by atoms with E-state index in [9.17, 15) is 8.42 Å². The van der Waals surface area contributed by atoms with Crippen molar-refractivity contribution in [2.45, 2.75) is 45.4 Å². The lowest BCUT2D eigenvalue weighted by Gasteiger charge is -2.22. The molecule has 1 N–H and O–H groups in total. The van der Waals surface area contributed by atoms with Crippen molar-refractivity contribution in [3.63, 3.8) is 0 Å². The number of aryl methyl sites for hydroxylation is 2. The van der Waals surface area contributed by atoms with Gasteiger partial charge in [-0.25, -0.2) is 8.42 Å². The van der Waals surface area contributed by atoms with E-state index in [4.69, 9.17) is 4.74 Å². The summed E-state index contributed by atoms with van der Waals surface area (Å²) in [7, 11) is -2.21. The number of benzene rings is 1. The molecule has 0 aliphatic heterocycles. The van der Waals surface area contributed by atoms with Crippen LogP contribution in [0.5, 0.6) is 5.75 Å². The van der Waals surface area contributed by atoms with Gasteiger partial charge in [-0.15, -0.1) is 10.2 Å². The molecule has 0 spiro atoms. The molecule has 0 amide bonds. The van der Waals surface area contributed by atoms with Crippen molar-refractivity contribution in [1.82, 2.24) is 10.2 Å². The van der Waals surface area contributed by atoms with Crippen LogP contribution >= 0.6 is 0 Å². The Balaban J connectivity index is 2.24. The van der Waals surface area contributed by atoms with Crippen molar-refractivity contribution in [2.75, 3.05) is 29.8 Å². The Morgan fingerprint density at radius 2 is 1.70 bits per heavy atom. The summed E-state index contributed by atoms with van der Waals surface area (Å²) in [6, 6.07) is 6.75. The summed E-state index contributed by atoms with van der Waals surface area (Å²) in [5, 5.41) is 8.24. The van der Waals surface area contributed by atoms with Gasteiger partial charge in [-0.2, -0.15) is 0 Å². The molecule has 0 saturated carbocycles. The zero-order chi connectivity index (χ0) is 20.0. The van der Waals surface area contributed by atoms with Gasteiger partial charge in [-0.1, -0.05) is 13.8 Å². The number of sulfonamides is 1. The molecule has 0 atom stereocenters. The van der Waals surface area contributed by atoms with Crippen molar-refractivity contribution < 1.29 is 13.2 Å². The van der Waals surface area contributed by atoms with Crippen molar-refractivity contribution in [2.24, 2.45) is 0 Å². The summed E-state index contributed by atoms with van der Waals surface area (Å²) < 4.78 is 33.3. The normalized spacial score (nSPS) is 11.3. The zero-order valence-corrected chi connectivity index (χ0v) is 17.4. The Morgan fingerprint density at radius 1 is 1.04 bits per heavy atom. The zero-order valence-electron chi connectivity index (χ0n) is 16.6. The minimum absolute atomic E-state index is 0.194. The number of aromatic nitrogens is 2. The average molecular weight is 393 g/mol. The third kappa shape index (κ3) is 5.09.